The summed E-state index contributed by atoms with van der Waals surface area (Å²) in [5.74, 6) is 1.26. The highest BCUT2D eigenvalue weighted by molar-refractivity contribution is 6.31. The van der Waals surface area contributed by atoms with Gasteiger partial charge >= 0.3 is 0 Å². The Kier molecular flexibility index (Phi) is 4.50. The minimum atomic E-state index is -0.267. The average Bonchev–Trinajstić information content (AvgIpc) is 2.97. The summed E-state index contributed by atoms with van der Waals surface area (Å²) in [7, 11) is 0. The fourth-order valence-electron chi connectivity index (χ4n) is 2.48. The molecule has 1 aliphatic heterocycles. The monoisotopic (exact) mass is 321 g/mol. The molecule has 2 aromatic carbocycles. The van der Waals surface area contributed by atoms with E-state index in [1.165, 1.54) is 6.07 Å². The van der Waals surface area contributed by atoms with Crippen LogP contribution in [0.4, 0.5) is 4.39 Å². The van der Waals surface area contributed by atoms with Crippen molar-refractivity contribution in [3.63, 3.8) is 0 Å². The molecule has 0 fully saturated rings. The van der Waals surface area contributed by atoms with Gasteiger partial charge in [0.1, 0.15) is 5.82 Å². The van der Waals surface area contributed by atoms with Gasteiger partial charge in [-0.1, -0.05) is 30.7 Å². The zero-order valence-electron chi connectivity index (χ0n) is 12.3. The fourth-order valence-corrected chi connectivity index (χ4v) is 2.71. The van der Waals surface area contributed by atoms with Gasteiger partial charge in [-0.15, -0.1) is 0 Å². The van der Waals surface area contributed by atoms with Crippen molar-refractivity contribution in [2.24, 2.45) is 0 Å². The number of benzene rings is 2. The molecule has 0 aliphatic carbocycles. The van der Waals surface area contributed by atoms with Gasteiger partial charge in [-0.25, -0.2) is 4.39 Å². The van der Waals surface area contributed by atoms with E-state index < -0.39 is 0 Å². The van der Waals surface area contributed by atoms with Gasteiger partial charge in [0.05, 0.1) is 0 Å². The highest BCUT2D eigenvalue weighted by Gasteiger charge is 2.16. The summed E-state index contributed by atoms with van der Waals surface area (Å²) in [5.41, 5.74) is 1.63. The van der Waals surface area contributed by atoms with Crippen molar-refractivity contribution in [3.8, 4) is 11.5 Å². The topological polar surface area (TPSA) is 21.7 Å². The fraction of sp³-hybridized carbons (Fsp3) is 0.294. The van der Waals surface area contributed by atoms with Crippen LogP contribution in [-0.4, -0.2) is 18.2 Å². The van der Waals surface area contributed by atoms with E-state index in [2.05, 4.69) is 4.90 Å². The maximum atomic E-state index is 13.9. The summed E-state index contributed by atoms with van der Waals surface area (Å²) in [4.78, 5) is 2.13. The Hall–Kier alpha value is -1.78. The van der Waals surface area contributed by atoms with Crippen molar-refractivity contribution in [2.75, 3.05) is 13.3 Å². The average molecular weight is 322 g/mol. The Morgan fingerprint density at radius 2 is 1.95 bits per heavy atom. The predicted molar refractivity (Wildman–Crippen MR) is 83.8 cm³/mol. The normalized spacial score (nSPS) is 12.9. The number of ether oxygens (including phenoxy) is 2. The molecule has 3 nitrogen and oxygen atoms in total. The van der Waals surface area contributed by atoms with Gasteiger partial charge in [-0.3, -0.25) is 4.90 Å². The third-order valence-electron chi connectivity index (χ3n) is 3.73. The molecular formula is C17H17ClFNO2. The molecule has 1 heterocycles. The Balaban J connectivity index is 1.75. The van der Waals surface area contributed by atoms with Crippen LogP contribution >= 0.6 is 11.6 Å². The van der Waals surface area contributed by atoms with Gasteiger partial charge in [-0.2, -0.15) is 0 Å². The first-order chi connectivity index (χ1) is 10.7. The Morgan fingerprint density at radius 1 is 1.14 bits per heavy atom. The molecule has 0 aromatic heterocycles. The molecule has 0 saturated carbocycles. The van der Waals surface area contributed by atoms with Crippen LogP contribution in [0.15, 0.2) is 36.4 Å². The van der Waals surface area contributed by atoms with Gasteiger partial charge in [0.2, 0.25) is 6.79 Å². The Labute approximate surface area is 134 Å². The molecular weight excluding hydrogens is 305 g/mol. The standard InChI is InChI=1S/C17H17ClFNO2/c1-2-20(10-13-14(18)4-3-5-15(13)19)9-12-6-7-16-17(8-12)22-11-21-16/h3-8H,2,9-11H2,1H3. The number of rotatable bonds is 5. The van der Waals surface area contributed by atoms with Crippen LogP contribution in [-0.2, 0) is 13.1 Å². The highest BCUT2D eigenvalue weighted by atomic mass is 35.5. The van der Waals surface area contributed by atoms with Gasteiger partial charge < -0.3 is 9.47 Å². The summed E-state index contributed by atoms with van der Waals surface area (Å²) < 4.78 is 24.6. The molecule has 0 saturated heterocycles. The molecule has 22 heavy (non-hydrogen) atoms. The zero-order chi connectivity index (χ0) is 15.5. The maximum Gasteiger partial charge on any atom is 0.231 e. The molecule has 5 heteroatoms. The SMILES string of the molecule is CCN(Cc1ccc2c(c1)OCO2)Cc1c(F)cccc1Cl. The van der Waals surface area contributed by atoms with Crippen LogP contribution in [0.1, 0.15) is 18.1 Å². The Bertz CT molecular complexity index is 657. The van der Waals surface area contributed by atoms with Crippen LogP contribution in [0, 0.1) is 5.82 Å². The molecule has 0 radical (unpaired) electrons. The highest BCUT2D eigenvalue weighted by Crippen LogP contribution is 2.33. The molecule has 116 valence electrons. The summed E-state index contributed by atoms with van der Waals surface area (Å²) in [6.45, 7) is 4.26. The summed E-state index contributed by atoms with van der Waals surface area (Å²) in [6, 6.07) is 10.6. The van der Waals surface area contributed by atoms with Crippen LogP contribution in [0.5, 0.6) is 11.5 Å². The predicted octanol–water partition coefficient (Wildman–Crippen LogP) is 4.23. The number of hydrogen-bond donors (Lipinski definition) is 0. The van der Waals surface area contributed by atoms with Crippen molar-refractivity contribution in [3.05, 3.63) is 58.4 Å². The van der Waals surface area contributed by atoms with E-state index in [9.17, 15) is 4.39 Å². The lowest BCUT2D eigenvalue weighted by atomic mass is 10.1. The van der Waals surface area contributed by atoms with Gasteiger partial charge in [0.15, 0.2) is 11.5 Å². The second-order valence-corrected chi connectivity index (χ2v) is 5.60. The first kappa shape index (κ1) is 15.1. The molecule has 2 aromatic rings. The summed E-state index contributed by atoms with van der Waals surface area (Å²) in [6.07, 6.45) is 0. The van der Waals surface area contributed by atoms with E-state index in [0.29, 0.717) is 23.7 Å². The van der Waals surface area contributed by atoms with E-state index in [1.54, 1.807) is 12.1 Å². The quantitative estimate of drug-likeness (QED) is 0.822. The molecule has 0 N–H and O–H groups in total. The van der Waals surface area contributed by atoms with Crippen LogP contribution in [0.25, 0.3) is 0 Å². The third-order valence-corrected chi connectivity index (χ3v) is 4.09. The minimum absolute atomic E-state index is 0.265. The number of nitrogens with zero attached hydrogens (tertiary/aromatic N) is 1. The lowest BCUT2D eigenvalue weighted by molar-refractivity contribution is 0.174. The molecule has 0 atom stereocenters. The van der Waals surface area contributed by atoms with Crippen molar-refractivity contribution >= 4 is 11.6 Å². The Morgan fingerprint density at radius 3 is 2.73 bits per heavy atom. The van der Waals surface area contributed by atoms with Gasteiger partial charge in [0.25, 0.3) is 0 Å². The second kappa shape index (κ2) is 6.55. The summed E-state index contributed by atoms with van der Waals surface area (Å²) >= 11 is 6.11. The second-order valence-electron chi connectivity index (χ2n) is 5.19. The van der Waals surface area contributed by atoms with Gasteiger partial charge in [0, 0.05) is 23.7 Å². The van der Waals surface area contributed by atoms with E-state index in [4.69, 9.17) is 21.1 Å². The lowest BCUT2D eigenvalue weighted by Crippen LogP contribution is -2.23. The van der Waals surface area contributed by atoms with Crippen molar-refractivity contribution < 1.29 is 13.9 Å². The number of hydrogen-bond acceptors (Lipinski definition) is 3. The lowest BCUT2D eigenvalue weighted by Gasteiger charge is -2.21. The molecule has 0 unspecified atom stereocenters. The number of halogens is 2. The molecule has 0 amide bonds. The van der Waals surface area contributed by atoms with Gasteiger partial charge in [-0.05, 0) is 36.4 Å². The smallest absolute Gasteiger partial charge is 0.231 e. The largest absolute Gasteiger partial charge is 0.454 e. The van der Waals surface area contributed by atoms with Crippen LogP contribution in [0.2, 0.25) is 5.02 Å². The zero-order valence-corrected chi connectivity index (χ0v) is 13.1. The third kappa shape index (κ3) is 3.18. The molecule has 0 spiro atoms. The van der Waals surface area contributed by atoms with Crippen LogP contribution < -0.4 is 9.47 Å². The van der Waals surface area contributed by atoms with E-state index >= 15 is 0 Å². The molecule has 0 bridgehead atoms. The molecule has 3 rings (SSSR count). The maximum absolute atomic E-state index is 13.9. The molecule has 1 aliphatic rings. The minimum Gasteiger partial charge on any atom is -0.454 e. The van der Waals surface area contributed by atoms with Crippen LogP contribution in [0.3, 0.4) is 0 Å². The van der Waals surface area contributed by atoms with E-state index in [0.717, 1.165) is 23.6 Å². The van der Waals surface area contributed by atoms with E-state index in [1.807, 2.05) is 25.1 Å². The summed E-state index contributed by atoms with van der Waals surface area (Å²) in [5, 5.41) is 0.462. The van der Waals surface area contributed by atoms with E-state index in [-0.39, 0.29) is 12.6 Å². The van der Waals surface area contributed by atoms with Crippen molar-refractivity contribution in [1.82, 2.24) is 4.90 Å². The number of fused-ring (bicyclic) bond motifs is 1. The first-order valence-electron chi connectivity index (χ1n) is 7.21. The van der Waals surface area contributed by atoms with Crippen molar-refractivity contribution in [1.29, 1.82) is 0 Å². The first-order valence-corrected chi connectivity index (χ1v) is 7.59. The van der Waals surface area contributed by atoms with Crippen molar-refractivity contribution in [2.45, 2.75) is 20.0 Å².